The average Bonchev–Trinajstić information content (AvgIpc) is 3.14. The molecule has 1 fully saturated rings. The summed E-state index contributed by atoms with van der Waals surface area (Å²) in [5, 5.41) is 11.9. The van der Waals surface area contributed by atoms with Gasteiger partial charge >= 0.3 is 0 Å². The second-order valence-electron chi connectivity index (χ2n) is 5.35. The van der Waals surface area contributed by atoms with E-state index >= 15 is 4.39 Å². The topological polar surface area (TPSA) is 59.2 Å². The lowest BCUT2D eigenvalue weighted by atomic mass is 9.95. The number of fused-ring (bicyclic) bond motifs is 1. The molecule has 22 heavy (non-hydrogen) atoms. The van der Waals surface area contributed by atoms with Crippen LogP contribution < -0.4 is 4.90 Å². The maximum absolute atomic E-state index is 15.3. The fourth-order valence-corrected chi connectivity index (χ4v) is 3.04. The van der Waals surface area contributed by atoms with Crippen molar-refractivity contribution in [3.63, 3.8) is 0 Å². The third kappa shape index (κ3) is 2.09. The summed E-state index contributed by atoms with van der Waals surface area (Å²) in [5.74, 6) is 0.592. The summed E-state index contributed by atoms with van der Waals surface area (Å²) in [5.41, 5.74) is -0.334. The number of nitrogens with zero attached hydrogens (tertiary/aromatic N) is 6. The normalized spacial score (nSPS) is 21.6. The zero-order valence-corrected chi connectivity index (χ0v) is 12.3. The highest BCUT2D eigenvalue weighted by Crippen LogP contribution is 2.38. The number of tetrazole rings is 1. The van der Waals surface area contributed by atoms with E-state index in [1.54, 1.807) is 36.7 Å². The smallest absolute Gasteiger partial charge is 0.221 e. The van der Waals surface area contributed by atoms with E-state index in [0.717, 1.165) is 0 Å². The van der Waals surface area contributed by atoms with Gasteiger partial charge in [-0.1, -0.05) is 23.7 Å². The Bertz CT molecular complexity index is 837. The lowest BCUT2D eigenvalue weighted by molar-refractivity contribution is 0.196. The second-order valence-corrected chi connectivity index (χ2v) is 5.78. The number of aromatic nitrogens is 5. The minimum atomic E-state index is -1.45. The quantitative estimate of drug-likeness (QED) is 0.725. The molecule has 0 N–H and O–H groups in total. The van der Waals surface area contributed by atoms with Crippen LogP contribution in [0.5, 0.6) is 0 Å². The van der Waals surface area contributed by atoms with Crippen molar-refractivity contribution in [1.82, 2.24) is 25.0 Å². The van der Waals surface area contributed by atoms with Gasteiger partial charge in [-0.3, -0.25) is 0 Å². The highest BCUT2D eigenvalue weighted by Gasteiger charge is 2.41. The van der Waals surface area contributed by atoms with Crippen molar-refractivity contribution >= 4 is 23.1 Å². The SMILES string of the molecule is F[C@@]1(c2cccc(Cl)c2)CCN(c2nccn3nnnc23)C1. The van der Waals surface area contributed by atoms with Crippen LogP contribution in [0.1, 0.15) is 12.0 Å². The van der Waals surface area contributed by atoms with Gasteiger partial charge in [0, 0.05) is 24.2 Å². The Morgan fingerprint density at radius 2 is 2.23 bits per heavy atom. The largest absolute Gasteiger partial charge is 0.350 e. The van der Waals surface area contributed by atoms with E-state index in [1.165, 1.54) is 4.52 Å². The second kappa shape index (κ2) is 4.88. The standard InChI is InChI=1S/C14H12ClFN6/c15-11-3-1-2-10(8-11)14(16)4-6-21(9-14)12-13-18-19-20-22(13)7-5-17-12/h1-3,5,7-8H,4,6,9H2/t14-/m0/s1. The van der Waals surface area contributed by atoms with Crippen molar-refractivity contribution in [1.29, 1.82) is 0 Å². The maximum Gasteiger partial charge on any atom is 0.221 e. The molecule has 0 spiro atoms. The summed E-state index contributed by atoms with van der Waals surface area (Å²) < 4.78 is 16.8. The fourth-order valence-electron chi connectivity index (χ4n) is 2.85. The lowest BCUT2D eigenvalue weighted by Crippen LogP contribution is -2.28. The zero-order chi connectivity index (χ0) is 15.2. The molecule has 1 aromatic carbocycles. The first-order valence-electron chi connectivity index (χ1n) is 6.88. The lowest BCUT2D eigenvalue weighted by Gasteiger charge is -2.22. The van der Waals surface area contributed by atoms with Gasteiger partial charge in [0.25, 0.3) is 0 Å². The van der Waals surface area contributed by atoms with Gasteiger partial charge in [-0.2, -0.15) is 4.52 Å². The van der Waals surface area contributed by atoms with E-state index in [1.807, 2.05) is 4.90 Å². The van der Waals surface area contributed by atoms with Gasteiger partial charge < -0.3 is 4.90 Å². The van der Waals surface area contributed by atoms with Crippen LogP contribution in [0.25, 0.3) is 5.65 Å². The van der Waals surface area contributed by atoms with E-state index < -0.39 is 5.67 Å². The molecule has 0 amide bonds. The van der Waals surface area contributed by atoms with Gasteiger partial charge in [0.05, 0.1) is 12.7 Å². The Balaban J connectivity index is 1.69. The number of alkyl halides is 1. The molecule has 1 aliphatic rings. The first kappa shape index (κ1) is 13.4. The van der Waals surface area contributed by atoms with Gasteiger partial charge in [0.1, 0.15) is 0 Å². The summed E-state index contributed by atoms with van der Waals surface area (Å²) in [6, 6.07) is 6.95. The fraction of sp³-hybridized carbons (Fsp3) is 0.286. The molecule has 0 radical (unpaired) electrons. The molecule has 112 valence electrons. The maximum atomic E-state index is 15.3. The van der Waals surface area contributed by atoms with Gasteiger partial charge in [0.15, 0.2) is 11.5 Å². The van der Waals surface area contributed by atoms with Crippen molar-refractivity contribution in [2.45, 2.75) is 12.1 Å². The molecule has 0 aliphatic carbocycles. The summed E-state index contributed by atoms with van der Waals surface area (Å²) in [4.78, 5) is 6.18. The van der Waals surface area contributed by atoms with E-state index in [9.17, 15) is 0 Å². The molecule has 8 heteroatoms. The molecule has 1 aliphatic heterocycles. The van der Waals surface area contributed by atoms with Crippen LogP contribution in [0.2, 0.25) is 5.02 Å². The van der Waals surface area contributed by atoms with Crippen LogP contribution in [0.4, 0.5) is 10.2 Å². The Kier molecular flexibility index (Phi) is 2.97. The number of hydrogen-bond donors (Lipinski definition) is 0. The monoisotopic (exact) mass is 318 g/mol. The molecule has 0 unspecified atom stereocenters. The third-order valence-electron chi connectivity index (χ3n) is 3.96. The van der Waals surface area contributed by atoms with Crippen LogP contribution in [0.3, 0.4) is 0 Å². The first-order chi connectivity index (χ1) is 10.7. The Morgan fingerprint density at radius 3 is 3.09 bits per heavy atom. The molecule has 1 atom stereocenters. The van der Waals surface area contributed by atoms with Crippen LogP contribution in [-0.2, 0) is 5.67 Å². The molecule has 6 nitrogen and oxygen atoms in total. The molecule has 1 saturated heterocycles. The molecule has 3 heterocycles. The predicted molar refractivity (Wildman–Crippen MR) is 79.6 cm³/mol. The molecule has 3 aromatic rings. The van der Waals surface area contributed by atoms with E-state index in [0.29, 0.717) is 35.0 Å². The van der Waals surface area contributed by atoms with Crippen molar-refractivity contribution < 1.29 is 4.39 Å². The van der Waals surface area contributed by atoms with Gasteiger partial charge in [-0.25, -0.2) is 9.37 Å². The van der Waals surface area contributed by atoms with Crippen LogP contribution >= 0.6 is 11.6 Å². The van der Waals surface area contributed by atoms with E-state index in [2.05, 4.69) is 20.5 Å². The highest BCUT2D eigenvalue weighted by atomic mass is 35.5. The molecule has 0 saturated carbocycles. The van der Waals surface area contributed by atoms with Crippen molar-refractivity contribution in [2.24, 2.45) is 0 Å². The van der Waals surface area contributed by atoms with Crippen LogP contribution in [0, 0.1) is 0 Å². The minimum Gasteiger partial charge on any atom is -0.350 e. The van der Waals surface area contributed by atoms with Crippen LogP contribution in [-0.4, -0.2) is 38.1 Å². The third-order valence-corrected chi connectivity index (χ3v) is 4.19. The Labute approximate surface area is 130 Å². The highest BCUT2D eigenvalue weighted by molar-refractivity contribution is 6.30. The van der Waals surface area contributed by atoms with Gasteiger partial charge in [-0.05, 0) is 28.1 Å². The van der Waals surface area contributed by atoms with Crippen LogP contribution in [0.15, 0.2) is 36.7 Å². The summed E-state index contributed by atoms with van der Waals surface area (Å²) >= 11 is 5.98. The first-order valence-corrected chi connectivity index (χ1v) is 7.26. The van der Waals surface area contributed by atoms with Crippen molar-refractivity contribution in [3.8, 4) is 0 Å². The summed E-state index contributed by atoms with van der Waals surface area (Å²) in [6.07, 6.45) is 3.64. The molecule has 4 rings (SSSR count). The molecular weight excluding hydrogens is 307 g/mol. The Hall–Kier alpha value is -2.28. The molecule has 2 aromatic heterocycles. The van der Waals surface area contributed by atoms with Crippen molar-refractivity contribution in [2.75, 3.05) is 18.0 Å². The zero-order valence-electron chi connectivity index (χ0n) is 11.5. The van der Waals surface area contributed by atoms with Crippen molar-refractivity contribution in [3.05, 3.63) is 47.2 Å². The number of rotatable bonds is 2. The molecule has 0 bridgehead atoms. The Morgan fingerprint density at radius 1 is 1.32 bits per heavy atom. The van der Waals surface area contributed by atoms with E-state index in [4.69, 9.17) is 11.6 Å². The number of hydrogen-bond acceptors (Lipinski definition) is 5. The van der Waals surface area contributed by atoms with Gasteiger partial charge in [0.2, 0.25) is 5.65 Å². The minimum absolute atomic E-state index is 0.201. The number of benzene rings is 1. The van der Waals surface area contributed by atoms with Gasteiger partial charge in [-0.15, -0.1) is 5.10 Å². The average molecular weight is 319 g/mol. The summed E-state index contributed by atoms with van der Waals surface area (Å²) in [6.45, 7) is 0.745. The molecular formula is C14H12ClFN6. The van der Waals surface area contributed by atoms with E-state index in [-0.39, 0.29) is 6.54 Å². The predicted octanol–water partition coefficient (Wildman–Crippen LogP) is 2.25. The number of anilines is 1. The summed E-state index contributed by atoms with van der Waals surface area (Å²) in [7, 11) is 0. The number of halogens is 2.